The zero-order chi connectivity index (χ0) is 36.3. The van der Waals surface area contributed by atoms with Crippen molar-refractivity contribution in [2.45, 2.75) is 0 Å². The largest absolute Gasteiger partial charge is 0.292 e. The summed E-state index contributed by atoms with van der Waals surface area (Å²) in [6.45, 7) is 0. The summed E-state index contributed by atoms with van der Waals surface area (Å²) in [4.78, 5) is 20.6. The van der Waals surface area contributed by atoms with Gasteiger partial charge in [0.15, 0.2) is 23.1 Å². The molecule has 0 fully saturated rings. The van der Waals surface area contributed by atoms with Crippen LogP contribution in [0.5, 0.6) is 0 Å². The lowest BCUT2D eigenvalue weighted by Gasteiger charge is -2.13. The van der Waals surface area contributed by atoms with Crippen LogP contribution in [0.3, 0.4) is 0 Å². The second kappa shape index (κ2) is 12.5. The lowest BCUT2D eigenvalue weighted by Crippen LogP contribution is -2.01. The molecule has 0 radical (unpaired) electrons. The number of hydrogen-bond donors (Lipinski definition) is 0. The van der Waals surface area contributed by atoms with Gasteiger partial charge in [-0.1, -0.05) is 146 Å². The van der Waals surface area contributed by atoms with E-state index in [9.17, 15) is 0 Å². The van der Waals surface area contributed by atoms with Gasteiger partial charge in [-0.2, -0.15) is 4.98 Å². The fraction of sp³-hybridized carbons (Fsp3) is 0. The highest BCUT2D eigenvalue weighted by Gasteiger charge is 2.24. The number of para-hydroxylation sites is 3. The summed E-state index contributed by atoms with van der Waals surface area (Å²) >= 11 is 0. The van der Waals surface area contributed by atoms with Gasteiger partial charge in [-0.05, 0) is 53.6 Å². The number of imidazole rings is 2. The number of hydrogen-bond acceptors (Lipinski definition) is 4. The van der Waals surface area contributed by atoms with Crippen molar-refractivity contribution in [2.24, 2.45) is 0 Å². The molecule has 4 aromatic heterocycles. The zero-order valence-electron chi connectivity index (χ0n) is 29.5. The Kier molecular flexibility index (Phi) is 7.03. The molecule has 0 aliphatic carbocycles. The van der Waals surface area contributed by atoms with Crippen LogP contribution in [0.25, 0.3) is 95.5 Å². The van der Waals surface area contributed by atoms with Crippen LogP contribution in [0, 0.1) is 0 Å². The van der Waals surface area contributed by atoms with E-state index in [0.717, 1.165) is 78.1 Å². The van der Waals surface area contributed by atoms with Gasteiger partial charge in [-0.15, -0.1) is 0 Å². The second-order valence-corrected chi connectivity index (χ2v) is 13.6. The predicted octanol–water partition coefficient (Wildman–Crippen LogP) is 11.2. The van der Waals surface area contributed by atoms with Crippen molar-refractivity contribution in [1.29, 1.82) is 0 Å². The van der Waals surface area contributed by atoms with E-state index in [1.165, 1.54) is 0 Å². The molecule has 7 aromatic carbocycles. The Morgan fingerprint density at radius 1 is 0.345 bits per heavy atom. The third-order valence-corrected chi connectivity index (χ3v) is 10.3. The maximum Gasteiger partial charge on any atom is 0.222 e. The Morgan fingerprint density at radius 3 is 1.53 bits per heavy atom. The standard InChI is InChI=1S/C48H31N7/c1-5-17-32(18-6-1)44-49-45(33-19-7-2-8-20-33)51-46(50-44)38-26-14-13-25-37(38)34-29-30-41-42(31-34)54(36-23-11-4-12-24-36)48-52-47-43(55(41)48)39-27-15-16-28-40(39)53(47)35-21-9-3-10-22-35/h1-31H. The molecule has 0 aliphatic heterocycles. The maximum atomic E-state index is 5.45. The Bertz CT molecular complexity index is 3120. The highest BCUT2D eigenvalue weighted by Crippen LogP contribution is 2.39. The lowest BCUT2D eigenvalue weighted by molar-refractivity contribution is 1.07. The van der Waals surface area contributed by atoms with E-state index < -0.39 is 0 Å². The first-order valence-electron chi connectivity index (χ1n) is 18.3. The van der Waals surface area contributed by atoms with Crippen LogP contribution in [-0.2, 0) is 0 Å². The van der Waals surface area contributed by atoms with Gasteiger partial charge in [0.1, 0.15) is 5.52 Å². The summed E-state index contributed by atoms with van der Waals surface area (Å²) in [6.07, 6.45) is 0. The first-order chi connectivity index (χ1) is 27.3. The van der Waals surface area contributed by atoms with Gasteiger partial charge >= 0.3 is 0 Å². The van der Waals surface area contributed by atoms with Crippen molar-refractivity contribution in [3.63, 3.8) is 0 Å². The summed E-state index contributed by atoms with van der Waals surface area (Å²) in [5, 5.41) is 1.15. The van der Waals surface area contributed by atoms with Crippen molar-refractivity contribution in [2.75, 3.05) is 0 Å². The van der Waals surface area contributed by atoms with Gasteiger partial charge in [-0.3, -0.25) is 13.5 Å². The minimum atomic E-state index is 0.618. The second-order valence-electron chi connectivity index (χ2n) is 13.6. The summed E-state index contributed by atoms with van der Waals surface area (Å²) in [5.41, 5.74) is 12.2. The predicted molar refractivity (Wildman–Crippen MR) is 221 cm³/mol. The average molecular weight is 706 g/mol. The van der Waals surface area contributed by atoms with E-state index >= 15 is 0 Å². The molecule has 258 valence electrons. The molecule has 0 amide bonds. The van der Waals surface area contributed by atoms with Crippen molar-refractivity contribution in [1.82, 2.24) is 33.5 Å². The monoisotopic (exact) mass is 705 g/mol. The normalized spacial score (nSPS) is 11.6. The van der Waals surface area contributed by atoms with Crippen LogP contribution in [-0.4, -0.2) is 33.5 Å². The van der Waals surface area contributed by atoms with E-state index in [4.69, 9.17) is 19.9 Å². The molecule has 11 aromatic rings. The molecule has 0 bridgehead atoms. The molecule has 0 saturated heterocycles. The highest BCUT2D eigenvalue weighted by molar-refractivity contribution is 6.10. The Hall–Kier alpha value is -7.64. The average Bonchev–Trinajstić information content (AvgIpc) is 3.90. The number of rotatable bonds is 6. The molecule has 0 N–H and O–H groups in total. The molecular weight excluding hydrogens is 675 g/mol. The first-order valence-corrected chi connectivity index (χ1v) is 18.3. The molecule has 0 aliphatic rings. The van der Waals surface area contributed by atoms with Crippen LogP contribution in [0.2, 0.25) is 0 Å². The van der Waals surface area contributed by atoms with E-state index in [-0.39, 0.29) is 0 Å². The quantitative estimate of drug-likeness (QED) is 0.173. The SMILES string of the molecule is c1ccc(-c2nc(-c3ccccc3)nc(-c3ccccc3-c3ccc4c(c3)n(-c3ccccc3)c3nc5c(c6ccccc6n5-c5ccccc5)n43)n2)cc1. The zero-order valence-corrected chi connectivity index (χ0v) is 29.5. The van der Waals surface area contributed by atoms with E-state index in [1.54, 1.807) is 0 Å². The molecule has 11 rings (SSSR count). The van der Waals surface area contributed by atoms with Crippen LogP contribution in [0.4, 0.5) is 0 Å². The van der Waals surface area contributed by atoms with Crippen molar-refractivity contribution < 1.29 is 0 Å². The number of nitrogens with zero attached hydrogens (tertiary/aromatic N) is 7. The van der Waals surface area contributed by atoms with E-state index in [1.807, 2.05) is 72.8 Å². The maximum absolute atomic E-state index is 5.45. The van der Waals surface area contributed by atoms with Gasteiger partial charge in [0, 0.05) is 33.5 Å². The first kappa shape index (κ1) is 30.9. The minimum Gasteiger partial charge on any atom is -0.292 e. The third kappa shape index (κ3) is 4.98. The van der Waals surface area contributed by atoms with E-state index in [2.05, 4.69) is 129 Å². The van der Waals surface area contributed by atoms with Crippen LogP contribution >= 0.6 is 0 Å². The molecule has 0 unspecified atom stereocenters. The number of aromatic nitrogens is 7. The van der Waals surface area contributed by atoms with Crippen LogP contribution in [0.1, 0.15) is 0 Å². The molecule has 0 atom stereocenters. The summed E-state index contributed by atoms with van der Waals surface area (Å²) in [6, 6.07) is 64.8. The van der Waals surface area contributed by atoms with Gasteiger partial charge in [-0.25, -0.2) is 15.0 Å². The van der Waals surface area contributed by atoms with Crippen molar-refractivity contribution in [3.8, 4) is 56.7 Å². The minimum absolute atomic E-state index is 0.618. The number of fused-ring (bicyclic) bond motifs is 7. The fourth-order valence-electron chi connectivity index (χ4n) is 7.85. The molecule has 0 saturated carbocycles. The Labute approximate surface area is 316 Å². The molecule has 0 spiro atoms. The molecule has 7 nitrogen and oxygen atoms in total. The topological polar surface area (TPSA) is 65.8 Å². The lowest BCUT2D eigenvalue weighted by atomic mass is 9.98. The summed E-state index contributed by atoms with van der Waals surface area (Å²) in [5.74, 6) is 2.73. The number of benzene rings is 7. The van der Waals surface area contributed by atoms with Gasteiger partial charge in [0.25, 0.3) is 0 Å². The van der Waals surface area contributed by atoms with Gasteiger partial charge in [0.05, 0.1) is 16.6 Å². The third-order valence-electron chi connectivity index (χ3n) is 10.3. The van der Waals surface area contributed by atoms with Gasteiger partial charge in [0.2, 0.25) is 5.78 Å². The van der Waals surface area contributed by atoms with Gasteiger partial charge < -0.3 is 0 Å². The molecular formula is C48H31N7. The fourth-order valence-corrected chi connectivity index (χ4v) is 7.85. The molecule has 55 heavy (non-hydrogen) atoms. The summed E-state index contributed by atoms with van der Waals surface area (Å²) in [7, 11) is 0. The van der Waals surface area contributed by atoms with Crippen molar-refractivity contribution >= 4 is 38.9 Å². The van der Waals surface area contributed by atoms with Crippen LogP contribution < -0.4 is 0 Å². The highest BCUT2D eigenvalue weighted by atomic mass is 15.2. The summed E-state index contributed by atoms with van der Waals surface area (Å²) < 4.78 is 6.86. The van der Waals surface area contributed by atoms with Crippen LogP contribution in [0.15, 0.2) is 188 Å². The Balaban J connectivity index is 1.16. The van der Waals surface area contributed by atoms with Crippen molar-refractivity contribution in [3.05, 3.63) is 188 Å². The molecule has 4 heterocycles. The Morgan fingerprint density at radius 2 is 0.873 bits per heavy atom. The molecule has 7 heteroatoms. The smallest absolute Gasteiger partial charge is 0.222 e. The van der Waals surface area contributed by atoms with E-state index in [0.29, 0.717) is 17.5 Å².